The first-order valence-electron chi connectivity index (χ1n) is 5.41. The summed E-state index contributed by atoms with van der Waals surface area (Å²) in [6.45, 7) is 2.12. The Morgan fingerprint density at radius 3 is 2.67 bits per heavy atom. The first-order chi connectivity index (χ1) is 8.52. The molecule has 0 bridgehead atoms. The zero-order chi connectivity index (χ0) is 13.3. The number of nitrogens with one attached hydrogen (secondary N) is 1. The van der Waals surface area contributed by atoms with Gasteiger partial charge in [-0.15, -0.1) is 11.3 Å². The lowest BCUT2D eigenvalue weighted by molar-refractivity contribution is 0.698. The Kier molecular flexibility index (Phi) is 5.11. The van der Waals surface area contributed by atoms with Crippen molar-refractivity contribution in [1.29, 1.82) is 0 Å². The Hall–Kier alpha value is 0.380. The number of benzene rings is 1. The number of hydrogen-bond acceptors (Lipinski definition) is 2. The van der Waals surface area contributed by atoms with Crippen LogP contribution >= 0.6 is 61.5 Å². The van der Waals surface area contributed by atoms with Crippen LogP contribution in [0.1, 0.15) is 21.4 Å². The second kappa shape index (κ2) is 6.22. The molecule has 0 saturated heterocycles. The lowest BCUT2D eigenvalue weighted by Gasteiger charge is -2.18. The molecule has 5 heteroatoms. The van der Waals surface area contributed by atoms with Gasteiger partial charge in [0, 0.05) is 22.8 Å². The highest BCUT2D eigenvalue weighted by Crippen LogP contribution is 2.37. The highest BCUT2D eigenvalue weighted by molar-refractivity contribution is 14.1. The molecular weight excluding hydrogens is 444 g/mol. The maximum Gasteiger partial charge on any atom is 0.0691 e. The highest BCUT2D eigenvalue weighted by atomic mass is 127. The molecule has 1 aromatic heterocycles. The van der Waals surface area contributed by atoms with Crippen LogP contribution in [0.2, 0.25) is 5.02 Å². The summed E-state index contributed by atoms with van der Waals surface area (Å²) in [6.07, 6.45) is 0. The van der Waals surface area contributed by atoms with Crippen LogP contribution < -0.4 is 5.32 Å². The van der Waals surface area contributed by atoms with Crippen molar-refractivity contribution in [1.82, 2.24) is 5.32 Å². The third-order valence-corrected chi connectivity index (χ3v) is 5.91. The summed E-state index contributed by atoms with van der Waals surface area (Å²) in [4.78, 5) is 2.59. The van der Waals surface area contributed by atoms with E-state index in [1.54, 1.807) is 11.3 Å². The summed E-state index contributed by atoms with van der Waals surface area (Å²) < 4.78 is 2.37. The summed E-state index contributed by atoms with van der Waals surface area (Å²) in [6, 6.07) is 8.34. The molecule has 0 aliphatic heterocycles. The summed E-state index contributed by atoms with van der Waals surface area (Å²) in [5.41, 5.74) is 1.22. The van der Waals surface area contributed by atoms with E-state index in [-0.39, 0.29) is 6.04 Å². The zero-order valence-electron chi connectivity index (χ0n) is 9.93. The van der Waals surface area contributed by atoms with Gasteiger partial charge < -0.3 is 5.32 Å². The average Bonchev–Trinajstić information content (AvgIpc) is 2.64. The SMILES string of the molecule is CNC(c1cc(Cl)ccc1I)c1sc(C)cc1Br. The Labute approximate surface area is 138 Å². The van der Waals surface area contributed by atoms with Crippen molar-refractivity contribution in [3.8, 4) is 0 Å². The summed E-state index contributed by atoms with van der Waals surface area (Å²) in [7, 11) is 1.98. The third-order valence-electron chi connectivity index (χ3n) is 2.66. The molecule has 96 valence electrons. The van der Waals surface area contributed by atoms with Gasteiger partial charge in [-0.1, -0.05) is 11.6 Å². The lowest BCUT2D eigenvalue weighted by Crippen LogP contribution is -2.18. The van der Waals surface area contributed by atoms with Gasteiger partial charge in [0.05, 0.1) is 6.04 Å². The molecule has 1 aromatic carbocycles. The molecule has 1 N–H and O–H groups in total. The van der Waals surface area contributed by atoms with Crippen LogP contribution in [0.5, 0.6) is 0 Å². The zero-order valence-corrected chi connectivity index (χ0v) is 15.2. The van der Waals surface area contributed by atoms with Crippen LogP contribution in [-0.4, -0.2) is 7.05 Å². The van der Waals surface area contributed by atoms with E-state index in [1.165, 1.54) is 18.9 Å². The van der Waals surface area contributed by atoms with E-state index in [9.17, 15) is 0 Å². The van der Waals surface area contributed by atoms with Crippen LogP contribution in [0.25, 0.3) is 0 Å². The first kappa shape index (κ1) is 14.8. The van der Waals surface area contributed by atoms with E-state index >= 15 is 0 Å². The van der Waals surface area contributed by atoms with Crippen LogP contribution in [0.3, 0.4) is 0 Å². The number of thiophene rings is 1. The van der Waals surface area contributed by atoms with Crippen molar-refractivity contribution >= 4 is 61.5 Å². The van der Waals surface area contributed by atoms with Crippen molar-refractivity contribution in [2.24, 2.45) is 0 Å². The van der Waals surface area contributed by atoms with E-state index in [2.05, 4.69) is 62.9 Å². The topological polar surface area (TPSA) is 12.0 Å². The number of rotatable bonds is 3. The van der Waals surface area contributed by atoms with E-state index in [0.717, 1.165) is 9.50 Å². The van der Waals surface area contributed by atoms with E-state index in [1.807, 2.05) is 19.2 Å². The molecule has 0 radical (unpaired) electrons. The predicted octanol–water partition coefficient (Wildman–Crippen LogP) is 5.39. The van der Waals surface area contributed by atoms with Gasteiger partial charge in [0.15, 0.2) is 0 Å². The van der Waals surface area contributed by atoms with Gasteiger partial charge in [0.25, 0.3) is 0 Å². The summed E-state index contributed by atoms with van der Waals surface area (Å²) >= 11 is 13.9. The molecule has 0 saturated carbocycles. The number of aryl methyl sites for hydroxylation is 1. The molecule has 0 aliphatic carbocycles. The Morgan fingerprint density at radius 2 is 2.11 bits per heavy atom. The van der Waals surface area contributed by atoms with Crippen molar-refractivity contribution in [3.63, 3.8) is 0 Å². The van der Waals surface area contributed by atoms with E-state index in [4.69, 9.17) is 11.6 Å². The fourth-order valence-corrected chi connectivity index (χ4v) is 4.70. The van der Waals surface area contributed by atoms with Gasteiger partial charge in [-0.2, -0.15) is 0 Å². The maximum absolute atomic E-state index is 6.11. The number of hydrogen-bond donors (Lipinski definition) is 1. The predicted molar refractivity (Wildman–Crippen MR) is 91.8 cm³/mol. The fourth-order valence-electron chi connectivity index (χ4n) is 1.86. The average molecular weight is 457 g/mol. The second-order valence-corrected chi connectivity index (χ2v) is 7.70. The monoisotopic (exact) mass is 455 g/mol. The Morgan fingerprint density at radius 1 is 1.39 bits per heavy atom. The maximum atomic E-state index is 6.11. The van der Waals surface area contributed by atoms with Gasteiger partial charge in [0.2, 0.25) is 0 Å². The van der Waals surface area contributed by atoms with E-state index in [0.29, 0.717) is 0 Å². The summed E-state index contributed by atoms with van der Waals surface area (Å²) in [5.74, 6) is 0. The molecule has 1 heterocycles. The molecule has 2 rings (SSSR count). The van der Waals surface area contributed by atoms with Crippen LogP contribution in [0.15, 0.2) is 28.7 Å². The second-order valence-electron chi connectivity index (χ2n) is 3.96. The molecule has 18 heavy (non-hydrogen) atoms. The van der Waals surface area contributed by atoms with Crippen LogP contribution in [0, 0.1) is 10.5 Å². The van der Waals surface area contributed by atoms with Gasteiger partial charge in [0.1, 0.15) is 0 Å². The van der Waals surface area contributed by atoms with Crippen molar-refractivity contribution < 1.29 is 0 Å². The summed E-state index contributed by atoms with van der Waals surface area (Å²) in [5, 5.41) is 4.15. The third kappa shape index (κ3) is 3.10. The molecule has 0 spiro atoms. The molecule has 1 nitrogen and oxygen atoms in total. The molecule has 0 fully saturated rings. The van der Waals surface area contributed by atoms with Crippen molar-refractivity contribution in [3.05, 3.63) is 52.6 Å². The lowest BCUT2D eigenvalue weighted by atomic mass is 10.1. The van der Waals surface area contributed by atoms with Crippen LogP contribution in [0.4, 0.5) is 0 Å². The highest BCUT2D eigenvalue weighted by Gasteiger charge is 2.20. The molecule has 1 unspecified atom stereocenters. The van der Waals surface area contributed by atoms with Gasteiger partial charge in [-0.25, -0.2) is 0 Å². The molecule has 0 amide bonds. The fraction of sp³-hybridized carbons (Fsp3) is 0.231. The normalized spacial score (nSPS) is 12.7. The van der Waals surface area contributed by atoms with Crippen LogP contribution in [-0.2, 0) is 0 Å². The van der Waals surface area contributed by atoms with Crippen molar-refractivity contribution in [2.75, 3.05) is 7.05 Å². The van der Waals surface area contributed by atoms with E-state index < -0.39 is 0 Å². The minimum Gasteiger partial charge on any atom is -0.309 e. The van der Waals surface area contributed by atoms with Gasteiger partial charge >= 0.3 is 0 Å². The Balaban J connectivity index is 2.51. The number of halogens is 3. The van der Waals surface area contributed by atoms with Gasteiger partial charge in [-0.3, -0.25) is 0 Å². The largest absolute Gasteiger partial charge is 0.309 e. The standard InChI is InChI=1S/C13H12BrClINS/c1-7-5-10(14)13(18-7)12(17-2)9-6-8(15)3-4-11(9)16/h3-6,12,17H,1-2H3. The minimum atomic E-state index is 0.170. The Bertz CT molecular complexity index is 570. The molecule has 1 atom stereocenters. The van der Waals surface area contributed by atoms with Crippen molar-refractivity contribution in [2.45, 2.75) is 13.0 Å². The quantitative estimate of drug-likeness (QED) is 0.611. The minimum absolute atomic E-state index is 0.170. The van der Waals surface area contributed by atoms with Gasteiger partial charge in [-0.05, 0) is 82.3 Å². The first-order valence-corrected chi connectivity index (χ1v) is 8.47. The molecular formula is C13H12BrClINS. The smallest absolute Gasteiger partial charge is 0.0691 e. The molecule has 0 aliphatic rings. The molecule has 2 aromatic rings.